The van der Waals surface area contributed by atoms with Crippen LogP contribution in [0.2, 0.25) is 0 Å². The molecule has 2 aromatic heterocycles. The van der Waals surface area contributed by atoms with Crippen LogP contribution in [-0.4, -0.2) is 21.2 Å². The number of nitrogens with zero attached hydrogens (tertiary/aromatic N) is 2. The van der Waals surface area contributed by atoms with Crippen LogP contribution in [-0.2, 0) is 0 Å². The number of rotatable bonds is 3. The average Bonchev–Trinajstić information content (AvgIpc) is 3.07. The molecule has 0 atom stereocenters. The molecule has 0 spiro atoms. The standard InChI is InChI=1S/C14H10N2O4/c1-8-5-6-19-11(8)12-15-13(20-16-12)9-3-2-4-10(7-9)14(17)18/h2-7H,1H3,(H,17,18). The van der Waals surface area contributed by atoms with Gasteiger partial charge in [-0.15, -0.1) is 0 Å². The predicted octanol–water partition coefficient (Wildman–Crippen LogP) is 3.00. The molecule has 6 heteroatoms. The second-order valence-corrected chi connectivity index (χ2v) is 4.24. The minimum atomic E-state index is -1.01. The highest BCUT2D eigenvalue weighted by molar-refractivity contribution is 5.89. The molecule has 3 aromatic rings. The van der Waals surface area contributed by atoms with Gasteiger partial charge in [-0.3, -0.25) is 0 Å². The van der Waals surface area contributed by atoms with Crippen molar-refractivity contribution < 1.29 is 18.8 Å². The molecule has 6 nitrogen and oxygen atoms in total. The Labute approximate surface area is 113 Å². The molecule has 0 radical (unpaired) electrons. The molecule has 0 saturated heterocycles. The van der Waals surface area contributed by atoms with Gasteiger partial charge >= 0.3 is 5.97 Å². The Hall–Kier alpha value is -2.89. The van der Waals surface area contributed by atoms with Crippen molar-refractivity contribution in [1.82, 2.24) is 10.1 Å². The van der Waals surface area contributed by atoms with E-state index in [9.17, 15) is 4.79 Å². The molecule has 100 valence electrons. The van der Waals surface area contributed by atoms with E-state index in [1.807, 2.05) is 6.92 Å². The molecule has 0 saturated carbocycles. The van der Waals surface area contributed by atoms with Gasteiger partial charge in [-0.25, -0.2) is 4.79 Å². The summed E-state index contributed by atoms with van der Waals surface area (Å²) in [6, 6.07) is 8.12. The van der Waals surface area contributed by atoms with Gasteiger partial charge in [0.05, 0.1) is 11.8 Å². The molecule has 20 heavy (non-hydrogen) atoms. The highest BCUT2D eigenvalue weighted by Gasteiger charge is 2.15. The fourth-order valence-corrected chi connectivity index (χ4v) is 1.82. The summed E-state index contributed by atoms with van der Waals surface area (Å²) >= 11 is 0. The van der Waals surface area contributed by atoms with Crippen molar-refractivity contribution in [2.75, 3.05) is 0 Å². The Kier molecular flexibility index (Phi) is 2.83. The molecule has 0 amide bonds. The van der Waals surface area contributed by atoms with E-state index in [2.05, 4.69) is 10.1 Å². The van der Waals surface area contributed by atoms with Gasteiger partial charge in [0.1, 0.15) is 0 Å². The SMILES string of the molecule is Cc1ccoc1-c1noc(-c2cccc(C(=O)O)c2)n1. The fourth-order valence-electron chi connectivity index (χ4n) is 1.82. The maximum Gasteiger partial charge on any atom is 0.335 e. The molecule has 1 N–H and O–H groups in total. The first-order chi connectivity index (χ1) is 9.65. The number of carboxylic acid groups (broad SMARTS) is 1. The number of hydrogen-bond acceptors (Lipinski definition) is 5. The zero-order chi connectivity index (χ0) is 14.1. The first-order valence-corrected chi connectivity index (χ1v) is 5.87. The van der Waals surface area contributed by atoms with Gasteiger partial charge in [-0.05, 0) is 36.8 Å². The van der Waals surface area contributed by atoms with Crippen LogP contribution in [0.5, 0.6) is 0 Å². The normalized spacial score (nSPS) is 10.7. The van der Waals surface area contributed by atoms with Crippen LogP contribution in [0, 0.1) is 6.92 Å². The minimum absolute atomic E-state index is 0.163. The second kappa shape index (κ2) is 4.65. The fraction of sp³-hybridized carbons (Fsp3) is 0.0714. The summed E-state index contributed by atoms with van der Waals surface area (Å²) in [5.74, 6) is 0.116. The molecule has 0 aliphatic carbocycles. The highest BCUT2D eigenvalue weighted by atomic mass is 16.5. The molecular formula is C14H10N2O4. The maximum absolute atomic E-state index is 10.9. The first-order valence-electron chi connectivity index (χ1n) is 5.87. The summed E-state index contributed by atoms with van der Waals surface area (Å²) < 4.78 is 10.4. The van der Waals surface area contributed by atoms with Crippen LogP contribution in [0.4, 0.5) is 0 Å². The van der Waals surface area contributed by atoms with Gasteiger partial charge < -0.3 is 14.0 Å². The van der Waals surface area contributed by atoms with Crippen molar-refractivity contribution in [3.63, 3.8) is 0 Å². The molecule has 0 bridgehead atoms. The lowest BCUT2D eigenvalue weighted by Crippen LogP contribution is -1.95. The first kappa shape index (κ1) is 12.2. The minimum Gasteiger partial charge on any atom is -0.478 e. The van der Waals surface area contributed by atoms with E-state index < -0.39 is 5.97 Å². The number of furan rings is 1. The third-order valence-corrected chi connectivity index (χ3v) is 2.85. The summed E-state index contributed by atoms with van der Waals surface area (Å²) in [7, 11) is 0. The number of carboxylic acids is 1. The van der Waals surface area contributed by atoms with Crippen LogP contribution in [0.15, 0.2) is 45.5 Å². The van der Waals surface area contributed by atoms with Gasteiger partial charge in [0.25, 0.3) is 5.89 Å². The summed E-state index contributed by atoms with van der Waals surface area (Å²) in [5, 5.41) is 12.8. The van der Waals surface area contributed by atoms with Crippen molar-refractivity contribution in [2.24, 2.45) is 0 Å². The van der Waals surface area contributed by atoms with E-state index in [4.69, 9.17) is 14.0 Å². The number of hydrogen-bond donors (Lipinski definition) is 1. The largest absolute Gasteiger partial charge is 0.478 e. The summed E-state index contributed by atoms with van der Waals surface area (Å²) in [6.45, 7) is 1.87. The van der Waals surface area contributed by atoms with Crippen molar-refractivity contribution in [3.05, 3.63) is 47.7 Å². The second-order valence-electron chi connectivity index (χ2n) is 4.24. The van der Waals surface area contributed by atoms with E-state index in [0.717, 1.165) is 5.56 Å². The van der Waals surface area contributed by atoms with E-state index in [1.165, 1.54) is 12.1 Å². The van der Waals surface area contributed by atoms with E-state index in [1.54, 1.807) is 24.5 Å². The molecule has 0 aliphatic rings. The van der Waals surface area contributed by atoms with Gasteiger partial charge in [0, 0.05) is 5.56 Å². The summed E-state index contributed by atoms with van der Waals surface area (Å²) in [4.78, 5) is 15.2. The van der Waals surface area contributed by atoms with Crippen LogP contribution in [0.1, 0.15) is 15.9 Å². The zero-order valence-electron chi connectivity index (χ0n) is 10.5. The molecule has 1 aromatic carbocycles. The highest BCUT2D eigenvalue weighted by Crippen LogP contribution is 2.25. The van der Waals surface area contributed by atoms with E-state index >= 15 is 0 Å². The smallest absolute Gasteiger partial charge is 0.335 e. The zero-order valence-corrected chi connectivity index (χ0v) is 10.5. The number of aryl methyl sites for hydroxylation is 1. The van der Waals surface area contributed by atoms with Gasteiger partial charge in [0.15, 0.2) is 5.76 Å². The van der Waals surface area contributed by atoms with Crippen molar-refractivity contribution in [1.29, 1.82) is 0 Å². The molecule has 2 heterocycles. The molecule has 0 fully saturated rings. The number of aromatic carboxylic acids is 1. The predicted molar refractivity (Wildman–Crippen MR) is 69.1 cm³/mol. The lowest BCUT2D eigenvalue weighted by atomic mass is 10.1. The number of benzene rings is 1. The van der Waals surface area contributed by atoms with Crippen LogP contribution < -0.4 is 0 Å². The Morgan fingerprint density at radius 3 is 2.85 bits per heavy atom. The Bertz CT molecular complexity index is 773. The van der Waals surface area contributed by atoms with Crippen molar-refractivity contribution >= 4 is 5.97 Å². The van der Waals surface area contributed by atoms with Crippen molar-refractivity contribution in [2.45, 2.75) is 6.92 Å². The van der Waals surface area contributed by atoms with Crippen LogP contribution >= 0.6 is 0 Å². The molecule has 3 rings (SSSR count). The lowest BCUT2D eigenvalue weighted by Gasteiger charge is -1.96. The monoisotopic (exact) mass is 270 g/mol. The third kappa shape index (κ3) is 2.07. The van der Waals surface area contributed by atoms with Crippen LogP contribution in [0.3, 0.4) is 0 Å². The number of carbonyl (C=O) groups is 1. The van der Waals surface area contributed by atoms with Crippen LogP contribution in [0.25, 0.3) is 23.0 Å². The Morgan fingerprint density at radius 2 is 2.15 bits per heavy atom. The maximum atomic E-state index is 10.9. The topological polar surface area (TPSA) is 89.4 Å². The lowest BCUT2D eigenvalue weighted by molar-refractivity contribution is 0.0697. The Morgan fingerprint density at radius 1 is 1.30 bits per heavy atom. The quantitative estimate of drug-likeness (QED) is 0.786. The average molecular weight is 270 g/mol. The van der Waals surface area contributed by atoms with E-state index in [-0.39, 0.29) is 11.5 Å². The molecule has 0 unspecified atom stereocenters. The number of aromatic nitrogens is 2. The molecular weight excluding hydrogens is 260 g/mol. The molecule has 0 aliphatic heterocycles. The van der Waals surface area contributed by atoms with Gasteiger partial charge in [0.2, 0.25) is 5.82 Å². The van der Waals surface area contributed by atoms with Gasteiger partial charge in [-0.2, -0.15) is 4.98 Å². The summed E-state index contributed by atoms with van der Waals surface area (Å²) in [6.07, 6.45) is 1.55. The Balaban J connectivity index is 2.00. The van der Waals surface area contributed by atoms with E-state index in [0.29, 0.717) is 17.1 Å². The summed E-state index contributed by atoms with van der Waals surface area (Å²) in [5.41, 5.74) is 1.61. The van der Waals surface area contributed by atoms with Gasteiger partial charge in [-0.1, -0.05) is 11.2 Å². The van der Waals surface area contributed by atoms with Crippen molar-refractivity contribution in [3.8, 4) is 23.0 Å². The third-order valence-electron chi connectivity index (χ3n) is 2.85.